The SMILES string of the molecule is C=[C]CC(C)=O. The molecule has 0 atom stereocenters. The molecular weight excluding hydrogens is 76.1 g/mol. The van der Waals surface area contributed by atoms with Gasteiger partial charge >= 0.3 is 0 Å². The van der Waals surface area contributed by atoms with E-state index >= 15 is 0 Å². The number of carbonyl (C=O) groups is 1. The van der Waals surface area contributed by atoms with Gasteiger partial charge in [-0.25, -0.2) is 0 Å². The Morgan fingerprint density at radius 2 is 2.50 bits per heavy atom. The van der Waals surface area contributed by atoms with Crippen molar-refractivity contribution in [1.82, 2.24) is 0 Å². The Kier molecular flexibility index (Phi) is 2.38. The Labute approximate surface area is 37.7 Å². The van der Waals surface area contributed by atoms with Crippen LogP contribution < -0.4 is 0 Å². The molecule has 0 N–H and O–H groups in total. The molecule has 0 aromatic heterocycles. The van der Waals surface area contributed by atoms with Crippen molar-refractivity contribution in [2.24, 2.45) is 0 Å². The van der Waals surface area contributed by atoms with Gasteiger partial charge in [0.1, 0.15) is 5.78 Å². The molecule has 0 saturated heterocycles. The average Bonchev–Trinajstić information content (AvgIpc) is 1.35. The molecular formula is C5H7O. The first-order valence-corrected chi connectivity index (χ1v) is 1.76. The summed E-state index contributed by atoms with van der Waals surface area (Å²) in [6.07, 6.45) is 2.84. The van der Waals surface area contributed by atoms with Crippen molar-refractivity contribution in [1.29, 1.82) is 0 Å². The molecule has 0 rings (SSSR count). The predicted octanol–water partition coefficient (Wildman–Crippen LogP) is 0.955. The quantitative estimate of drug-likeness (QED) is 0.486. The Morgan fingerprint density at radius 1 is 2.00 bits per heavy atom. The number of carbonyl (C=O) groups excluding carboxylic acids is 1. The fourth-order valence-electron chi connectivity index (χ4n) is 0.176. The van der Waals surface area contributed by atoms with E-state index in [0.717, 1.165) is 0 Å². The molecule has 0 aromatic rings. The number of hydrogen-bond donors (Lipinski definition) is 0. The summed E-state index contributed by atoms with van der Waals surface area (Å²) in [5.74, 6) is 0.116. The molecule has 0 unspecified atom stereocenters. The Balaban J connectivity index is 3.05. The van der Waals surface area contributed by atoms with Crippen molar-refractivity contribution in [2.45, 2.75) is 13.3 Å². The lowest BCUT2D eigenvalue weighted by molar-refractivity contribution is -0.116. The maximum atomic E-state index is 9.94. The standard InChI is InChI=1S/C5H7O/c1-3-4-5(2)6/h1,4H2,2H3. The number of rotatable bonds is 2. The van der Waals surface area contributed by atoms with Crippen molar-refractivity contribution >= 4 is 5.78 Å². The zero-order valence-electron chi connectivity index (χ0n) is 3.82. The van der Waals surface area contributed by atoms with Crippen LogP contribution in [0.5, 0.6) is 0 Å². The molecule has 0 heterocycles. The second-order valence-corrected chi connectivity index (χ2v) is 1.13. The van der Waals surface area contributed by atoms with Crippen LogP contribution in [0.1, 0.15) is 13.3 Å². The monoisotopic (exact) mass is 83.0 g/mol. The Hall–Kier alpha value is -0.590. The lowest BCUT2D eigenvalue weighted by Crippen LogP contribution is -1.82. The van der Waals surface area contributed by atoms with Crippen LogP contribution in [-0.4, -0.2) is 5.78 Å². The van der Waals surface area contributed by atoms with Crippen LogP contribution in [-0.2, 0) is 4.79 Å². The van der Waals surface area contributed by atoms with Gasteiger partial charge in [0.15, 0.2) is 0 Å². The summed E-state index contributed by atoms with van der Waals surface area (Å²) in [7, 11) is 0. The molecule has 6 heavy (non-hydrogen) atoms. The van der Waals surface area contributed by atoms with Gasteiger partial charge in [0.2, 0.25) is 0 Å². The minimum Gasteiger partial charge on any atom is -0.300 e. The summed E-state index contributed by atoms with van der Waals surface area (Å²) in [6.45, 7) is 4.77. The van der Waals surface area contributed by atoms with Gasteiger partial charge in [-0.3, -0.25) is 4.79 Å². The van der Waals surface area contributed by atoms with Crippen LogP contribution in [0, 0.1) is 6.08 Å². The highest BCUT2D eigenvalue weighted by Gasteiger charge is 1.80. The second kappa shape index (κ2) is 2.64. The van der Waals surface area contributed by atoms with Crippen molar-refractivity contribution in [3.8, 4) is 0 Å². The number of ketones is 1. The molecule has 0 aromatic carbocycles. The molecule has 1 radical (unpaired) electrons. The Bertz CT molecular complexity index is 64.3. The molecule has 0 aliphatic carbocycles. The molecule has 33 valence electrons. The molecule has 1 nitrogen and oxygen atoms in total. The van der Waals surface area contributed by atoms with Crippen molar-refractivity contribution in [2.75, 3.05) is 0 Å². The summed E-state index contributed by atoms with van der Waals surface area (Å²) < 4.78 is 0. The van der Waals surface area contributed by atoms with Gasteiger partial charge in [0.05, 0.1) is 0 Å². The molecule has 0 aliphatic rings. The highest BCUT2D eigenvalue weighted by Crippen LogP contribution is 1.75. The molecule has 0 bridgehead atoms. The first-order chi connectivity index (χ1) is 2.77. The number of allylic oxidation sites excluding steroid dienone is 1. The Morgan fingerprint density at radius 3 is 2.50 bits per heavy atom. The van der Waals surface area contributed by atoms with Crippen LogP contribution in [0.25, 0.3) is 0 Å². The number of hydrogen-bond acceptors (Lipinski definition) is 1. The van der Waals surface area contributed by atoms with Crippen molar-refractivity contribution in [3.63, 3.8) is 0 Å². The lowest BCUT2D eigenvalue weighted by Gasteiger charge is -1.74. The lowest BCUT2D eigenvalue weighted by atomic mass is 10.3. The maximum Gasteiger partial charge on any atom is 0.134 e. The zero-order valence-corrected chi connectivity index (χ0v) is 3.82. The van der Waals surface area contributed by atoms with Gasteiger partial charge < -0.3 is 0 Å². The molecule has 0 amide bonds. The van der Waals surface area contributed by atoms with Crippen LogP contribution in [0.15, 0.2) is 6.58 Å². The van der Waals surface area contributed by atoms with E-state index in [1.54, 1.807) is 0 Å². The topological polar surface area (TPSA) is 17.1 Å². The maximum absolute atomic E-state index is 9.94. The van der Waals surface area contributed by atoms with E-state index in [0.29, 0.717) is 6.42 Å². The summed E-state index contributed by atoms with van der Waals surface area (Å²) >= 11 is 0. The third-order valence-electron chi connectivity index (χ3n) is 0.374. The van der Waals surface area contributed by atoms with E-state index in [4.69, 9.17) is 0 Å². The van der Waals surface area contributed by atoms with Gasteiger partial charge in [0, 0.05) is 6.42 Å². The first-order valence-electron chi connectivity index (χ1n) is 1.76. The van der Waals surface area contributed by atoms with Crippen LogP contribution >= 0.6 is 0 Å². The van der Waals surface area contributed by atoms with E-state index in [-0.39, 0.29) is 5.78 Å². The van der Waals surface area contributed by atoms with Gasteiger partial charge in [0.25, 0.3) is 0 Å². The summed E-state index contributed by atoms with van der Waals surface area (Å²) in [5.41, 5.74) is 0. The minimum absolute atomic E-state index is 0.116. The molecule has 1 heteroatoms. The van der Waals surface area contributed by atoms with Crippen LogP contribution in [0.2, 0.25) is 0 Å². The third kappa shape index (κ3) is 3.41. The summed E-state index contributed by atoms with van der Waals surface area (Å²) in [5, 5.41) is 0. The normalized spacial score (nSPS) is 7.50. The van der Waals surface area contributed by atoms with E-state index in [2.05, 4.69) is 12.7 Å². The molecule has 0 aliphatic heterocycles. The van der Waals surface area contributed by atoms with Crippen LogP contribution in [0.4, 0.5) is 0 Å². The van der Waals surface area contributed by atoms with Crippen molar-refractivity contribution < 1.29 is 4.79 Å². The van der Waals surface area contributed by atoms with E-state index in [9.17, 15) is 4.79 Å². The van der Waals surface area contributed by atoms with Crippen LogP contribution in [0.3, 0.4) is 0 Å². The summed E-state index contributed by atoms with van der Waals surface area (Å²) in [6, 6.07) is 0. The van der Waals surface area contributed by atoms with Gasteiger partial charge in [-0.05, 0) is 13.0 Å². The zero-order chi connectivity index (χ0) is 4.99. The van der Waals surface area contributed by atoms with E-state index in [1.165, 1.54) is 6.92 Å². The van der Waals surface area contributed by atoms with Gasteiger partial charge in [-0.1, -0.05) is 6.58 Å². The van der Waals surface area contributed by atoms with Crippen molar-refractivity contribution in [3.05, 3.63) is 12.7 Å². The smallest absolute Gasteiger partial charge is 0.134 e. The molecule has 0 spiro atoms. The fourth-order valence-corrected chi connectivity index (χ4v) is 0.176. The highest BCUT2D eigenvalue weighted by molar-refractivity contribution is 5.76. The largest absolute Gasteiger partial charge is 0.300 e. The van der Waals surface area contributed by atoms with E-state index < -0.39 is 0 Å². The molecule has 0 saturated carbocycles. The summed E-state index contributed by atoms with van der Waals surface area (Å²) in [4.78, 5) is 9.94. The highest BCUT2D eigenvalue weighted by atomic mass is 16.1. The third-order valence-corrected chi connectivity index (χ3v) is 0.374. The second-order valence-electron chi connectivity index (χ2n) is 1.13. The first kappa shape index (κ1) is 5.41. The predicted molar refractivity (Wildman–Crippen MR) is 24.2 cm³/mol. The van der Waals surface area contributed by atoms with Gasteiger partial charge in [-0.2, -0.15) is 0 Å². The average molecular weight is 83.1 g/mol. The van der Waals surface area contributed by atoms with Gasteiger partial charge in [-0.15, -0.1) is 0 Å². The van der Waals surface area contributed by atoms with E-state index in [1.807, 2.05) is 0 Å². The molecule has 0 fully saturated rings. The fraction of sp³-hybridized carbons (Fsp3) is 0.400. The number of Topliss-reactive ketones (excluding diaryl/α,β-unsaturated/α-hetero) is 1. The minimum atomic E-state index is 0.116.